The number of aliphatic carboxylic acids is 2. The minimum absolute atomic E-state index is 0.0632. The maximum Gasteiger partial charge on any atom is 0.490 e. The molecule has 4 atom stereocenters. The van der Waals surface area contributed by atoms with Gasteiger partial charge in [-0.1, -0.05) is 57.5 Å². The van der Waals surface area contributed by atoms with Gasteiger partial charge in [-0.05, 0) is 54.6 Å². The van der Waals surface area contributed by atoms with Crippen molar-refractivity contribution < 1.29 is 55.7 Å². The number of carbonyl (C=O) groups excluding carboxylic acids is 2. The number of carbonyl (C=O) groups is 4. The molecule has 17 heteroatoms. The third kappa shape index (κ3) is 14.8. The summed E-state index contributed by atoms with van der Waals surface area (Å²) in [5.41, 5.74) is 7.07. The molecule has 1 aliphatic heterocycles. The average Bonchev–Trinajstić information content (AvgIpc) is 3.74. The molecule has 2 heterocycles. The first-order chi connectivity index (χ1) is 27.2. The van der Waals surface area contributed by atoms with Crippen LogP contribution in [-0.2, 0) is 25.7 Å². The van der Waals surface area contributed by atoms with E-state index in [2.05, 4.69) is 5.32 Å². The van der Waals surface area contributed by atoms with Gasteiger partial charge < -0.3 is 30.7 Å². The van der Waals surface area contributed by atoms with Crippen molar-refractivity contribution in [3.8, 4) is 11.1 Å². The Labute approximate surface area is 338 Å². The Balaban J connectivity index is 0.00000117. The van der Waals surface area contributed by atoms with Crippen LogP contribution in [0.2, 0.25) is 0 Å². The lowest BCUT2D eigenvalue weighted by atomic mass is 9.82. The number of rotatable bonds is 19. The van der Waals surface area contributed by atoms with Crippen molar-refractivity contribution in [2.45, 2.75) is 77.8 Å². The molecule has 3 aromatic rings. The lowest BCUT2D eigenvalue weighted by Crippen LogP contribution is -2.46. The molecular weight excluding hydrogens is 791 g/mol. The van der Waals surface area contributed by atoms with Gasteiger partial charge in [0, 0.05) is 73.7 Å². The van der Waals surface area contributed by atoms with E-state index in [0.29, 0.717) is 43.7 Å². The highest BCUT2D eigenvalue weighted by Crippen LogP contribution is 2.42. The van der Waals surface area contributed by atoms with E-state index in [1.807, 2.05) is 55.7 Å². The number of carboxylic acids is 2. The van der Waals surface area contributed by atoms with Gasteiger partial charge in [-0.2, -0.15) is 24.9 Å². The largest absolute Gasteiger partial charge is 0.490 e. The molecule has 10 nitrogen and oxygen atoms in total. The number of benzene rings is 2. The second-order valence-corrected chi connectivity index (χ2v) is 16.4. The zero-order valence-corrected chi connectivity index (χ0v) is 33.6. The summed E-state index contributed by atoms with van der Waals surface area (Å²) in [6, 6.07) is 14.1. The fourth-order valence-corrected chi connectivity index (χ4v) is 7.71. The van der Waals surface area contributed by atoms with Gasteiger partial charge in [0.2, 0.25) is 5.91 Å². The number of nitrogens with two attached hydrogens (primary N) is 1. The molecule has 0 aliphatic carbocycles. The van der Waals surface area contributed by atoms with E-state index in [1.165, 1.54) is 0 Å². The molecule has 1 fully saturated rings. The zero-order chi connectivity index (χ0) is 43.2. The Hall–Kier alpha value is -4.35. The predicted octanol–water partition coefficient (Wildman–Crippen LogP) is 7.50. The van der Waals surface area contributed by atoms with Crippen LogP contribution in [-0.4, -0.2) is 93.3 Å². The van der Waals surface area contributed by atoms with Crippen molar-refractivity contribution in [2.75, 3.05) is 37.7 Å². The van der Waals surface area contributed by atoms with Crippen LogP contribution >= 0.6 is 11.8 Å². The molecule has 1 aliphatic rings. The highest BCUT2D eigenvalue weighted by Gasteiger charge is 2.41. The number of nitrogens with one attached hydrogen (secondary N) is 1. The summed E-state index contributed by atoms with van der Waals surface area (Å²) < 4.78 is 78.3. The molecule has 1 amide bonds. The third-order valence-electron chi connectivity index (χ3n) is 9.56. The number of halogens is 6. The summed E-state index contributed by atoms with van der Waals surface area (Å²) in [6.45, 7) is 7.52. The van der Waals surface area contributed by atoms with Gasteiger partial charge in [0.05, 0.1) is 17.7 Å². The van der Waals surface area contributed by atoms with Gasteiger partial charge in [-0.15, -0.1) is 0 Å². The van der Waals surface area contributed by atoms with E-state index < -0.39 is 59.2 Å². The minimum atomic E-state index is -5.08. The van der Waals surface area contributed by atoms with E-state index in [4.69, 9.17) is 15.6 Å². The molecule has 0 saturated carbocycles. The van der Waals surface area contributed by atoms with Gasteiger partial charge in [-0.25, -0.2) is 18.0 Å². The highest BCUT2D eigenvalue weighted by molar-refractivity contribution is 7.99. The van der Waals surface area contributed by atoms with Gasteiger partial charge in [0.25, 0.3) is 0 Å². The lowest BCUT2D eigenvalue weighted by Gasteiger charge is -2.42. The van der Waals surface area contributed by atoms with Gasteiger partial charge in [0.15, 0.2) is 0 Å². The Morgan fingerprint density at radius 3 is 2.22 bits per heavy atom. The summed E-state index contributed by atoms with van der Waals surface area (Å²) in [4.78, 5) is 49.5. The Bertz CT molecular complexity index is 1820. The topological polar surface area (TPSA) is 155 Å². The molecule has 0 radical (unpaired) electrons. The molecule has 0 unspecified atom stereocenters. The number of amides is 1. The monoisotopic (exact) mass is 842 g/mol. The zero-order valence-electron chi connectivity index (χ0n) is 32.7. The van der Waals surface area contributed by atoms with E-state index in [-0.39, 0.29) is 48.3 Å². The number of aromatic nitrogens is 1. The average molecular weight is 843 g/mol. The number of nitrogens with zero attached hydrogens (tertiary/aromatic N) is 2. The number of alkyl halides is 4. The summed E-state index contributed by atoms with van der Waals surface area (Å²) in [7, 11) is 0. The third-order valence-corrected chi connectivity index (χ3v) is 10.6. The van der Waals surface area contributed by atoms with Gasteiger partial charge in [-0.3, -0.25) is 14.4 Å². The highest BCUT2D eigenvalue weighted by atomic mass is 32.2. The van der Waals surface area contributed by atoms with Crippen molar-refractivity contribution in [1.29, 1.82) is 0 Å². The second-order valence-electron chi connectivity index (χ2n) is 15.3. The number of ketones is 1. The quantitative estimate of drug-likeness (QED) is 0.0710. The van der Waals surface area contributed by atoms with Crippen LogP contribution in [0.25, 0.3) is 11.1 Å². The van der Waals surface area contributed by atoms with Crippen LogP contribution < -0.4 is 11.1 Å². The standard InChI is InChI=1S/C39H51F3N4O4S.C2HF3O2/c1-39(2,3)37(35-17-27(32-18-30(40)13-14-33(32)41)22-45(35)21-26-10-6-4-7-11-26)46(23-29-19-44-20-34(29)42)36(48)25-51-24-28(38(49)50)16-31(47)12-8-5-9-15-43;3-2(4,5)1(6)7/h4,6-7,10-11,13-14,17-18,22,28-29,34,37,44H,5,8-9,12,15-16,19-21,23-25,43H2,1-3H3,(H,49,50);(H,6,7)/t28-,29-,34-,37-;/m0./s1. The molecule has 1 saturated heterocycles. The maximum absolute atomic E-state index is 15.2. The number of unbranched alkanes of at least 4 members (excludes halogenated alkanes) is 2. The van der Waals surface area contributed by atoms with Crippen LogP contribution in [0.5, 0.6) is 0 Å². The van der Waals surface area contributed by atoms with Crippen molar-refractivity contribution in [3.05, 3.63) is 83.7 Å². The van der Waals surface area contributed by atoms with Crippen LogP contribution in [0.3, 0.4) is 0 Å². The van der Waals surface area contributed by atoms with Crippen molar-refractivity contribution in [2.24, 2.45) is 23.0 Å². The van der Waals surface area contributed by atoms with Crippen molar-refractivity contribution >= 4 is 35.4 Å². The van der Waals surface area contributed by atoms with Crippen LogP contribution in [0.15, 0.2) is 60.8 Å². The van der Waals surface area contributed by atoms with E-state index in [1.54, 1.807) is 17.2 Å². The number of Topliss-reactive ketones (excluding diaryl/α,β-unsaturated/α-hetero) is 1. The fraction of sp³-hybridized carbons (Fsp3) is 0.512. The number of thioether (sulfide) groups is 1. The number of hydrogen-bond acceptors (Lipinski definition) is 7. The molecule has 58 heavy (non-hydrogen) atoms. The normalized spacial score (nSPS) is 16.6. The van der Waals surface area contributed by atoms with Crippen molar-refractivity contribution in [3.63, 3.8) is 0 Å². The van der Waals surface area contributed by atoms with E-state index in [9.17, 15) is 37.1 Å². The van der Waals surface area contributed by atoms with E-state index >= 15 is 8.78 Å². The lowest BCUT2D eigenvalue weighted by molar-refractivity contribution is -0.192. The SMILES string of the molecule is CC(C)(C)[C@H](c1cc(-c2cc(F)ccc2F)cn1Cc1ccccc1)N(C[C@@H]1CNC[C@@H]1F)C(=O)CSC[C@H](CC(=O)CCCCCN)C(=O)O.O=C(O)C(F)(F)F. The first-order valence-electron chi connectivity index (χ1n) is 18.9. The summed E-state index contributed by atoms with van der Waals surface area (Å²) in [5.74, 6) is -6.90. The Morgan fingerprint density at radius 2 is 1.66 bits per heavy atom. The van der Waals surface area contributed by atoms with Gasteiger partial charge >= 0.3 is 18.1 Å². The molecule has 5 N–H and O–H groups in total. The molecule has 320 valence electrons. The smallest absolute Gasteiger partial charge is 0.481 e. The van der Waals surface area contributed by atoms with Crippen LogP contribution in [0, 0.1) is 28.9 Å². The summed E-state index contributed by atoms with van der Waals surface area (Å²) >= 11 is 1.15. The summed E-state index contributed by atoms with van der Waals surface area (Å²) in [5, 5.41) is 20.1. The van der Waals surface area contributed by atoms with E-state index in [0.717, 1.165) is 48.4 Å². The second kappa shape index (κ2) is 22.1. The molecule has 2 aromatic carbocycles. The molecule has 0 spiro atoms. The maximum atomic E-state index is 15.2. The first kappa shape index (κ1) is 48.0. The van der Waals surface area contributed by atoms with Crippen molar-refractivity contribution in [1.82, 2.24) is 14.8 Å². The molecule has 4 rings (SSSR count). The fourth-order valence-electron chi connectivity index (χ4n) is 6.70. The first-order valence-corrected chi connectivity index (χ1v) is 20.0. The Kier molecular flexibility index (Phi) is 18.3. The molecular formula is C41H52F6N4O6S. The molecule has 1 aromatic heterocycles. The number of carboxylic acid groups (broad SMARTS) is 2. The molecule has 0 bridgehead atoms. The van der Waals surface area contributed by atoms with Crippen LogP contribution in [0.1, 0.15) is 70.2 Å². The number of hydrogen-bond donors (Lipinski definition) is 4. The van der Waals surface area contributed by atoms with Crippen LogP contribution in [0.4, 0.5) is 26.3 Å². The predicted molar refractivity (Wildman–Crippen MR) is 210 cm³/mol. The Morgan fingerprint density at radius 1 is 0.983 bits per heavy atom. The van der Waals surface area contributed by atoms with Gasteiger partial charge in [0.1, 0.15) is 23.6 Å². The minimum Gasteiger partial charge on any atom is -0.481 e. The summed E-state index contributed by atoms with van der Waals surface area (Å²) in [6.07, 6.45) is -2.06.